The molecule has 1 atom stereocenters. The van der Waals surface area contributed by atoms with Crippen molar-refractivity contribution in [3.8, 4) is 0 Å². The van der Waals surface area contributed by atoms with Gasteiger partial charge in [0.25, 0.3) is 0 Å². The lowest BCUT2D eigenvalue weighted by molar-refractivity contribution is -0.145. The largest absolute Gasteiger partial charge is 0.467 e. The second-order valence-electron chi connectivity index (χ2n) is 6.02. The van der Waals surface area contributed by atoms with Gasteiger partial charge in [-0.3, -0.25) is 4.79 Å². The van der Waals surface area contributed by atoms with E-state index in [0.717, 1.165) is 16.7 Å². The Bertz CT molecular complexity index is 736. The number of esters is 1. The van der Waals surface area contributed by atoms with E-state index in [9.17, 15) is 14.0 Å². The van der Waals surface area contributed by atoms with E-state index >= 15 is 0 Å². The van der Waals surface area contributed by atoms with Gasteiger partial charge in [-0.05, 0) is 48.2 Å². The number of carbonyl (C=O) groups excluding carboxylic acids is 2. The molecule has 0 aliphatic rings. The van der Waals surface area contributed by atoms with Gasteiger partial charge in [-0.25, -0.2) is 9.18 Å². The third kappa shape index (κ3) is 5.14. The van der Waals surface area contributed by atoms with Crippen molar-refractivity contribution >= 4 is 11.9 Å². The molecule has 5 heteroatoms. The van der Waals surface area contributed by atoms with Crippen molar-refractivity contribution in [2.45, 2.75) is 32.7 Å². The predicted molar refractivity (Wildman–Crippen MR) is 93.7 cm³/mol. The molecular formula is C20H22FNO3. The first-order valence-electron chi connectivity index (χ1n) is 8.07. The highest BCUT2D eigenvalue weighted by Crippen LogP contribution is 2.16. The van der Waals surface area contributed by atoms with Gasteiger partial charge in [-0.1, -0.05) is 30.3 Å². The highest BCUT2D eigenvalue weighted by molar-refractivity contribution is 5.85. The highest BCUT2D eigenvalue weighted by Gasteiger charge is 2.23. The molecule has 2 aromatic carbocycles. The fraction of sp³-hybridized carbons (Fsp3) is 0.300. The lowest BCUT2D eigenvalue weighted by Crippen LogP contribution is -2.44. The van der Waals surface area contributed by atoms with Gasteiger partial charge in [-0.15, -0.1) is 0 Å². The number of aryl methyl sites for hydroxylation is 2. The van der Waals surface area contributed by atoms with Crippen LogP contribution in [0.3, 0.4) is 0 Å². The van der Waals surface area contributed by atoms with Gasteiger partial charge in [0.05, 0.1) is 13.5 Å². The molecule has 2 rings (SSSR count). The Morgan fingerprint density at radius 3 is 2.24 bits per heavy atom. The Balaban J connectivity index is 2.11. The van der Waals surface area contributed by atoms with Gasteiger partial charge in [0.1, 0.15) is 11.9 Å². The van der Waals surface area contributed by atoms with Gasteiger partial charge < -0.3 is 10.1 Å². The Labute approximate surface area is 147 Å². The minimum atomic E-state index is -0.766. The van der Waals surface area contributed by atoms with Crippen molar-refractivity contribution in [2.24, 2.45) is 0 Å². The zero-order valence-corrected chi connectivity index (χ0v) is 14.6. The first-order valence-corrected chi connectivity index (χ1v) is 8.07. The van der Waals surface area contributed by atoms with Gasteiger partial charge in [-0.2, -0.15) is 0 Å². The summed E-state index contributed by atoms with van der Waals surface area (Å²) in [5.74, 6) is -1.16. The number of amides is 1. The zero-order valence-electron chi connectivity index (χ0n) is 14.6. The Morgan fingerprint density at radius 1 is 1.08 bits per heavy atom. The van der Waals surface area contributed by atoms with E-state index in [1.54, 1.807) is 12.1 Å². The Kier molecular flexibility index (Phi) is 6.28. The van der Waals surface area contributed by atoms with Crippen molar-refractivity contribution in [1.82, 2.24) is 5.32 Å². The highest BCUT2D eigenvalue weighted by atomic mass is 19.1. The summed E-state index contributed by atoms with van der Waals surface area (Å²) in [6.45, 7) is 3.94. The fourth-order valence-electron chi connectivity index (χ4n) is 2.74. The molecule has 132 valence electrons. The van der Waals surface area contributed by atoms with Gasteiger partial charge in [0.2, 0.25) is 5.91 Å². The Hall–Kier alpha value is -2.69. The average molecular weight is 343 g/mol. The smallest absolute Gasteiger partial charge is 0.328 e. The van der Waals surface area contributed by atoms with Crippen LogP contribution in [0.2, 0.25) is 0 Å². The summed E-state index contributed by atoms with van der Waals surface area (Å²) < 4.78 is 17.8. The van der Waals surface area contributed by atoms with E-state index in [2.05, 4.69) is 5.32 Å². The fourth-order valence-corrected chi connectivity index (χ4v) is 2.74. The molecule has 25 heavy (non-hydrogen) atoms. The van der Waals surface area contributed by atoms with E-state index in [0.29, 0.717) is 12.0 Å². The summed E-state index contributed by atoms with van der Waals surface area (Å²) in [4.78, 5) is 24.4. The van der Waals surface area contributed by atoms with Crippen LogP contribution in [0.4, 0.5) is 4.39 Å². The third-order valence-electron chi connectivity index (χ3n) is 4.15. The summed E-state index contributed by atoms with van der Waals surface area (Å²) in [7, 11) is 1.30. The lowest BCUT2D eigenvalue weighted by Gasteiger charge is -2.19. The number of hydrogen-bond acceptors (Lipinski definition) is 3. The molecule has 2 aromatic rings. The van der Waals surface area contributed by atoms with Crippen LogP contribution in [0.5, 0.6) is 0 Å². The van der Waals surface area contributed by atoms with Crippen LogP contribution in [-0.4, -0.2) is 25.0 Å². The van der Waals surface area contributed by atoms with Gasteiger partial charge in [0, 0.05) is 6.42 Å². The summed E-state index contributed by atoms with van der Waals surface area (Å²) >= 11 is 0. The molecule has 1 amide bonds. The normalized spacial score (nSPS) is 11.7. The van der Waals surface area contributed by atoms with Crippen molar-refractivity contribution in [2.75, 3.05) is 7.11 Å². The monoisotopic (exact) mass is 343 g/mol. The molecule has 0 unspecified atom stereocenters. The van der Waals surface area contributed by atoms with Gasteiger partial charge in [0.15, 0.2) is 0 Å². The number of carbonyl (C=O) groups is 2. The van der Waals surface area contributed by atoms with E-state index in [1.807, 2.05) is 32.0 Å². The molecule has 0 aromatic heterocycles. The second kappa shape index (κ2) is 8.42. The van der Waals surface area contributed by atoms with Gasteiger partial charge >= 0.3 is 5.97 Å². The molecule has 0 saturated heterocycles. The zero-order chi connectivity index (χ0) is 18.4. The van der Waals surface area contributed by atoms with Crippen LogP contribution in [0, 0.1) is 19.7 Å². The standard InChI is InChI=1S/C20H22FNO3/c1-13-5-4-6-14(2)17(13)12-18(20(24)25-3)22-19(23)11-15-7-9-16(21)10-8-15/h4-10,18H,11-12H2,1-3H3,(H,22,23)/t18-/m0/s1. The number of nitrogens with one attached hydrogen (secondary N) is 1. The van der Waals surface area contributed by atoms with Crippen molar-refractivity contribution in [3.05, 3.63) is 70.5 Å². The minimum Gasteiger partial charge on any atom is -0.467 e. The molecule has 0 bridgehead atoms. The molecule has 1 N–H and O–H groups in total. The summed E-state index contributed by atoms with van der Waals surface area (Å²) in [5.41, 5.74) is 3.80. The Morgan fingerprint density at radius 2 is 1.68 bits per heavy atom. The molecule has 0 heterocycles. The number of rotatable bonds is 6. The third-order valence-corrected chi connectivity index (χ3v) is 4.15. The summed E-state index contributed by atoms with van der Waals surface area (Å²) in [5, 5.41) is 2.73. The average Bonchev–Trinajstić information content (AvgIpc) is 2.58. The number of halogens is 1. The van der Waals surface area contributed by atoms with E-state index in [4.69, 9.17) is 4.74 Å². The van der Waals surface area contributed by atoms with E-state index in [1.165, 1.54) is 19.2 Å². The maximum atomic E-state index is 12.9. The molecule has 0 fully saturated rings. The van der Waals surface area contributed by atoms with Crippen molar-refractivity contribution in [3.63, 3.8) is 0 Å². The maximum absolute atomic E-state index is 12.9. The van der Waals surface area contributed by atoms with Crippen LogP contribution < -0.4 is 5.32 Å². The van der Waals surface area contributed by atoms with Crippen LogP contribution >= 0.6 is 0 Å². The van der Waals surface area contributed by atoms with E-state index < -0.39 is 12.0 Å². The molecular weight excluding hydrogens is 321 g/mol. The van der Waals surface area contributed by atoms with Crippen LogP contribution in [-0.2, 0) is 27.2 Å². The number of ether oxygens (including phenoxy) is 1. The summed E-state index contributed by atoms with van der Waals surface area (Å²) in [6, 6.07) is 10.8. The quantitative estimate of drug-likeness (QED) is 0.821. The minimum absolute atomic E-state index is 0.0700. The second-order valence-corrected chi connectivity index (χ2v) is 6.02. The first-order chi connectivity index (χ1) is 11.9. The van der Waals surface area contributed by atoms with E-state index in [-0.39, 0.29) is 18.1 Å². The molecule has 0 aliphatic carbocycles. The topological polar surface area (TPSA) is 55.4 Å². The first kappa shape index (κ1) is 18.6. The number of methoxy groups -OCH3 is 1. The number of benzene rings is 2. The van der Waals surface area contributed by atoms with Crippen LogP contribution in [0.25, 0.3) is 0 Å². The maximum Gasteiger partial charge on any atom is 0.328 e. The van der Waals surface area contributed by atoms with Crippen LogP contribution in [0.15, 0.2) is 42.5 Å². The molecule has 0 radical (unpaired) electrons. The lowest BCUT2D eigenvalue weighted by atomic mass is 9.96. The molecule has 4 nitrogen and oxygen atoms in total. The molecule has 0 aliphatic heterocycles. The number of hydrogen-bond donors (Lipinski definition) is 1. The predicted octanol–water partition coefficient (Wildman–Crippen LogP) is 2.89. The summed E-state index contributed by atoms with van der Waals surface area (Å²) in [6.07, 6.45) is 0.431. The molecule has 0 saturated carbocycles. The van der Waals surface area contributed by atoms with Crippen LogP contribution in [0.1, 0.15) is 22.3 Å². The van der Waals surface area contributed by atoms with Crippen molar-refractivity contribution < 1.29 is 18.7 Å². The van der Waals surface area contributed by atoms with Crippen molar-refractivity contribution in [1.29, 1.82) is 0 Å². The SMILES string of the molecule is COC(=O)[C@H](Cc1c(C)cccc1C)NC(=O)Cc1ccc(F)cc1. The molecule has 0 spiro atoms.